The molecule has 1 aliphatic heterocycles. The van der Waals surface area contributed by atoms with Crippen molar-refractivity contribution in [2.75, 3.05) is 13.1 Å². The number of H-pyrrole nitrogens is 1. The molecule has 0 spiro atoms. The Bertz CT molecular complexity index is 574. The van der Waals surface area contributed by atoms with Crippen molar-refractivity contribution in [2.45, 2.75) is 18.8 Å². The number of piperidine rings is 1. The number of halogens is 2. The van der Waals surface area contributed by atoms with E-state index < -0.39 is 11.6 Å². The monoisotopic (exact) mass is 263 g/mol. The van der Waals surface area contributed by atoms with Crippen LogP contribution in [-0.4, -0.2) is 23.3 Å². The van der Waals surface area contributed by atoms with Gasteiger partial charge in [-0.2, -0.15) is 5.10 Å². The molecule has 0 bridgehead atoms. The quantitative estimate of drug-likeness (QED) is 0.874. The molecule has 1 fully saturated rings. The molecule has 100 valence electrons. The average molecular weight is 263 g/mol. The Balaban J connectivity index is 2.01. The fraction of sp³-hybridized carbons (Fsp3) is 0.357. The van der Waals surface area contributed by atoms with Crippen LogP contribution in [0.1, 0.15) is 24.5 Å². The van der Waals surface area contributed by atoms with E-state index >= 15 is 0 Å². The van der Waals surface area contributed by atoms with Crippen molar-refractivity contribution in [3.63, 3.8) is 0 Å². The zero-order valence-electron chi connectivity index (χ0n) is 10.4. The molecule has 0 radical (unpaired) electrons. The van der Waals surface area contributed by atoms with Gasteiger partial charge < -0.3 is 5.32 Å². The third-order valence-corrected chi connectivity index (χ3v) is 3.59. The minimum Gasteiger partial charge on any atom is -0.316 e. The Morgan fingerprint density at radius 2 is 2.11 bits per heavy atom. The second kappa shape index (κ2) is 5.09. The van der Waals surface area contributed by atoms with Crippen molar-refractivity contribution in [1.29, 1.82) is 0 Å². The zero-order valence-corrected chi connectivity index (χ0v) is 10.4. The summed E-state index contributed by atoms with van der Waals surface area (Å²) in [5.74, 6) is -0.591. The van der Waals surface area contributed by atoms with Crippen LogP contribution in [0, 0.1) is 11.6 Å². The van der Waals surface area contributed by atoms with Crippen LogP contribution in [0.15, 0.2) is 24.4 Å². The van der Waals surface area contributed by atoms with Gasteiger partial charge in [0.1, 0.15) is 11.6 Å². The minimum atomic E-state index is -0.440. The standard InChI is InChI=1S/C14H15F2N3/c15-10-3-4-13(16)11(6-10)12-8-18-19-14(12)9-2-1-5-17-7-9/h3-4,6,8-9,17H,1-2,5,7H2,(H,18,19). The van der Waals surface area contributed by atoms with Gasteiger partial charge in [-0.05, 0) is 37.6 Å². The number of benzene rings is 1. The largest absolute Gasteiger partial charge is 0.316 e. The third-order valence-electron chi connectivity index (χ3n) is 3.59. The lowest BCUT2D eigenvalue weighted by atomic mass is 9.91. The lowest BCUT2D eigenvalue weighted by Crippen LogP contribution is -2.28. The third kappa shape index (κ3) is 2.38. The Morgan fingerprint density at radius 1 is 1.21 bits per heavy atom. The SMILES string of the molecule is Fc1ccc(F)c(-c2cn[nH]c2C2CCCNC2)c1. The number of aromatic nitrogens is 2. The Morgan fingerprint density at radius 3 is 2.89 bits per heavy atom. The number of rotatable bonds is 2. The predicted octanol–water partition coefficient (Wildman–Crippen LogP) is 2.82. The average Bonchev–Trinajstić information content (AvgIpc) is 2.91. The summed E-state index contributed by atoms with van der Waals surface area (Å²) in [6.45, 7) is 1.85. The van der Waals surface area contributed by atoms with Crippen molar-refractivity contribution in [3.05, 3.63) is 41.7 Å². The maximum absolute atomic E-state index is 13.9. The number of nitrogens with zero attached hydrogens (tertiary/aromatic N) is 1. The van der Waals surface area contributed by atoms with Gasteiger partial charge in [0.2, 0.25) is 0 Å². The lowest BCUT2D eigenvalue weighted by molar-refractivity contribution is 0.454. The second-order valence-electron chi connectivity index (χ2n) is 4.86. The van der Waals surface area contributed by atoms with E-state index in [0.717, 1.165) is 43.8 Å². The van der Waals surface area contributed by atoms with Gasteiger partial charge in [0.05, 0.1) is 6.20 Å². The van der Waals surface area contributed by atoms with Crippen molar-refractivity contribution in [3.8, 4) is 11.1 Å². The van der Waals surface area contributed by atoms with E-state index in [1.54, 1.807) is 6.20 Å². The first-order valence-corrected chi connectivity index (χ1v) is 6.45. The number of hydrogen-bond acceptors (Lipinski definition) is 2. The smallest absolute Gasteiger partial charge is 0.131 e. The number of aromatic amines is 1. The van der Waals surface area contributed by atoms with Crippen LogP contribution in [0.25, 0.3) is 11.1 Å². The van der Waals surface area contributed by atoms with Gasteiger partial charge in [0, 0.05) is 29.3 Å². The molecule has 0 saturated carbocycles. The van der Waals surface area contributed by atoms with Crippen LogP contribution >= 0.6 is 0 Å². The summed E-state index contributed by atoms with van der Waals surface area (Å²) in [5.41, 5.74) is 1.82. The fourth-order valence-electron chi connectivity index (χ4n) is 2.62. The molecule has 19 heavy (non-hydrogen) atoms. The van der Waals surface area contributed by atoms with E-state index in [0.29, 0.717) is 5.56 Å². The van der Waals surface area contributed by atoms with Gasteiger partial charge >= 0.3 is 0 Å². The molecule has 2 heterocycles. The summed E-state index contributed by atoms with van der Waals surface area (Å²) in [7, 11) is 0. The van der Waals surface area contributed by atoms with E-state index in [9.17, 15) is 8.78 Å². The van der Waals surface area contributed by atoms with Crippen LogP contribution in [0.3, 0.4) is 0 Å². The number of hydrogen-bond donors (Lipinski definition) is 2. The molecule has 0 aliphatic carbocycles. The summed E-state index contributed by atoms with van der Waals surface area (Å²) in [6.07, 6.45) is 3.68. The molecule has 2 N–H and O–H groups in total. The summed E-state index contributed by atoms with van der Waals surface area (Å²) in [6, 6.07) is 3.50. The molecule has 0 amide bonds. The zero-order chi connectivity index (χ0) is 13.2. The van der Waals surface area contributed by atoms with Crippen molar-refractivity contribution in [1.82, 2.24) is 15.5 Å². The Kier molecular flexibility index (Phi) is 3.29. The highest BCUT2D eigenvalue weighted by Gasteiger charge is 2.22. The summed E-state index contributed by atoms with van der Waals surface area (Å²) >= 11 is 0. The molecular weight excluding hydrogens is 248 g/mol. The maximum Gasteiger partial charge on any atom is 0.131 e. The predicted molar refractivity (Wildman–Crippen MR) is 68.8 cm³/mol. The molecular formula is C14H15F2N3. The highest BCUT2D eigenvalue weighted by molar-refractivity contribution is 5.66. The first kappa shape index (κ1) is 12.3. The van der Waals surface area contributed by atoms with Crippen LogP contribution in [-0.2, 0) is 0 Å². The molecule has 1 atom stereocenters. The molecule has 5 heteroatoms. The van der Waals surface area contributed by atoms with E-state index in [1.807, 2.05) is 0 Å². The normalized spacial score (nSPS) is 19.6. The first-order chi connectivity index (χ1) is 9.25. The van der Waals surface area contributed by atoms with Gasteiger partial charge in [0.15, 0.2) is 0 Å². The summed E-state index contributed by atoms with van der Waals surface area (Å²) < 4.78 is 27.2. The molecule has 1 saturated heterocycles. The molecule has 1 unspecified atom stereocenters. The van der Waals surface area contributed by atoms with E-state index in [1.165, 1.54) is 6.07 Å². The fourth-order valence-corrected chi connectivity index (χ4v) is 2.62. The van der Waals surface area contributed by atoms with Crippen LogP contribution in [0.2, 0.25) is 0 Å². The van der Waals surface area contributed by atoms with Gasteiger partial charge in [-0.25, -0.2) is 8.78 Å². The summed E-state index contributed by atoms with van der Waals surface area (Å²) in [5, 5.41) is 10.3. The lowest BCUT2D eigenvalue weighted by Gasteiger charge is -2.22. The highest BCUT2D eigenvalue weighted by Crippen LogP contribution is 2.32. The van der Waals surface area contributed by atoms with E-state index in [2.05, 4.69) is 15.5 Å². The molecule has 1 aliphatic rings. The molecule has 3 rings (SSSR count). The first-order valence-electron chi connectivity index (χ1n) is 6.45. The highest BCUT2D eigenvalue weighted by atomic mass is 19.1. The Hall–Kier alpha value is -1.75. The summed E-state index contributed by atoms with van der Waals surface area (Å²) in [4.78, 5) is 0. The van der Waals surface area contributed by atoms with E-state index in [4.69, 9.17) is 0 Å². The van der Waals surface area contributed by atoms with Crippen LogP contribution in [0.5, 0.6) is 0 Å². The van der Waals surface area contributed by atoms with Crippen molar-refractivity contribution in [2.24, 2.45) is 0 Å². The van der Waals surface area contributed by atoms with Crippen molar-refractivity contribution >= 4 is 0 Å². The number of nitrogens with one attached hydrogen (secondary N) is 2. The topological polar surface area (TPSA) is 40.7 Å². The Labute approximate surface area is 110 Å². The maximum atomic E-state index is 13.9. The van der Waals surface area contributed by atoms with Crippen molar-refractivity contribution < 1.29 is 8.78 Å². The molecule has 1 aromatic carbocycles. The van der Waals surface area contributed by atoms with Crippen LogP contribution < -0.4 is 5.32 Å². The minimum absolute atomic E-state index is 0.272. The molecule has 2 aromatic rings. The van der Waals surface area contributed by atoms with Gasteiger partial charge in [-0.1, -0.05) is 0 Å². The van der Waals surface area contributed by atoms with Gasteiger partial charge in [-0.15, -0.1) is 0 Å². The molecule has 1 aromatic heterocycles. The second-order valence-corrected chi connectivity index (χ2v) is 4.86. The van der Waals surface area contributed by atoms with Crippen LogP contribution in [0.4, 0.5) is 8.78 Å². The van der Waals surface area contributed by atoms with Gasteiger partial charge in [0.25, 0.3) is 0 Å². The van der Waals surface area contributed by atoms with Gasteiger partial charge in [-0.3, -0.25) is 5.10 Å². The van der Waals surface area contributed by atoms with E-state index in [-0.39, 0.29) is 11.5 Å². The molecule has 3 nitrogen and oxygen atoms in total.